The summed E-state index contributed by atoms with van der Waals surface area (Å²) in [7, 11) is 1.28. The number of carbonyl (C=O) groups excluding carboxylic acids is 2. The monoisotopic (exact) mass is 323 g/mol. The number of esters is 1. The van der Waals surface area contributed by atoms with Crippen molar-refractivity contribution in [2.75, 3.05) is 19.5 Å². The van der Waals surface area contributed by atoms with Crippen molar-refractivity contribution < 1.29 is 34.4 Å². The van der Waals surface area contributed by atoms with Crippen LogP contribution in [0.4, 0.5) is 0 Å². The number of aliphatic hydroxyl groups excluding tert-OH is 3. The van der Waals surface area contributed by atoms with Gasteiger partial charge in [-0.25, -0.2) is 0 Å². The zero-order chi connectivity index (χ0) is 16.0. The maximum Gasteiger partial charge on any atom is 0.306 e. The third-order valence-corrected chi connectivity index (χ3v) is 4.24. The second-order valence-electron chi connectivity index (χ2n) is 4.63. The number of carbonyl (C=O) groups is 2. The summed E-state index contributed by atoms with van der Waals surface area (Å²) in [6.45, 7) is 0.826. The van der Waals surface area contributed by atoms with E-state index in [9.17, 15) is 19.8 Å². The summed E-state index contributed by atoms with van der Waals surface area (Å²) in [5.74, 6) is -0.404. The summed E-state index contributed by atoms with van der Waals surface area (Å²) in [6, 6.07) is -0.831. The highest BCUT2D eigenvalue weighted by Crippen LogP contribution is 2.29. The minimum absolute atomic E-state index is 0.149. The topological polar surface area (TPSA) is 125 Å². The maximum absolute atomic E-state index is 11.2. The van der Waals surface area contributed by atoms with E-state index in [1.165, 1.54) is 25.8 Å². The molecule has 1 fully saturated rings. The number of aliphatic hydroxyl groups is 3. The molecule has 0 aromatic heterocycles. The standard InChI is InChI=1S/C12H21NO7S/c1-6(15)13-9-11(18)10(17)7(5-14)20-12(9)21-4-3-8(16)19-2/h7,9-12,14,17-18H,3-5H2,1-2H3,(H,13,15)/t7-,9-,10+,11-,12+/m1/s1. The van der Waals surface area contributed by atoms with Gasteiger partial charge in [0.15, 0.2) is 0 Å². The van der Waals surface area contributed by atoms with E-state index in [0.717, 1.165) is 0 Å². The van der Waals surface area contributed by atoms with Gasteiger partial charge in [-0.3, -0.25) is 9.59 Å². The van der Waals surface area contributed by atoms with Crippen molar-refractivity contribution in [3.63, 3.8) is 0 Å². The summed E-state index contributed by atoms with van der Waals surface area (Å²) in [5.41, 5.74) is -0.686. The molecule has 1 amide bonds. The van der Waals surface area contributed by atoms with E-state index in [2.05, 4.69) is 10.1 Å². The first-order chi connectivity index (χ1) is 9.90. The first-order valence-electron chi connectivity index (χ1n) is 6.48. The SMILES string of the molecule is COC(=O)CCS[C@@H]1O[C@H](CO)[C@H](O)[C@H](O)[C@H]1NC(C)=O. The molecular formula is C12H21NO7S. The zero-order valence-corrected chi connectivity index (χ0v) is 12.7. The third kappa shape index (κ3) is 5.11. The predicted molar refractivity (Wildman–Crippen MR) is 74.5 cm³/mol. The Hall–Kier alpha value is -0.870. The first-order valence-corrected chi connectivity index (χ1v) is 7.53. The van der Waals surface area contributed by atoms with E-state index in [1.807, 2.05) is 0 Å². The van der Waals surface area contributed by atoms with Crippen LogP contribution >= 0.6 is 11.8 Å². The summed E-state index contributed by atoms with van der Waals surface area (Å²) in [6.07, 6.45) is -3.36. The number of ether oxygens (including phenoxy) is 2. The fourth-order valence-corrected chi connectivity index (χ4v) is 3.15. The van der Waals surface area contributed by atoms with Gasteiger partial charge in [-0.2, -0.15) is 0 Å². The average Bonchev–Trinajstić information content (AvgIpc) is 2.45. The Morgan fingerprint density at radius 3 is 2.52 bits per heavy atom. The van der Waals surface area contributed by atoms with Gasteiger partial charge in [0.1, 0.15) is 23.7 Å². The molecule has 0 spiro atoms. The molecule has 4 N–H and O–H groups in total. The highest BCUT2D eigenvalue weighted by molar-refractivity contribution is 7.99. The van der Waals surface area contributed by atoms with Gasteiger partial charge in [-0.1, -0.05) is 0 Å². The molecule has 1 heterocycles. The van der Waals surface area contributed by atoms with Crippen LogP contribution in [-0.2, 0) is 19.1 Å². The molecule has 21 heavy (non-hydrogen) atoms. The molecular weight excluding hydrogens is 302 g/mol. The van der Waals surface area contributed by atoms with E-state index in [0.29, 0.717) is 5.75 Å². The van der Waals surface area contributed by atoms with Gasteiger partial charge in [0.05, 0.1) is 26.2 Å². The molecule has 1 saturated heterocycles. The average molecular weight is 323 g/mol. The fourth-order valence-electron chi connectivity index (χ4n) is 1.97. The lowest BCUT2D eigenvalue weighted by atomic mass is 9.98. The fraction of sp³-hybridized carbons (Fsp3) is 0.833. The van der Waals surface area contributed by atoms with Gasteiger partial charge in [0.2, 0.25) is 5.91 Å². The summed E-state index contributed by atoms with van der Waals surface area (Å²) >= 11 is 1.20. The van der Waals surface area contributed by atoms with Gasteiger partial charge < -0.3 is 30.1 Å². The van der Waals surface area contributed by atoms with Crippen LogP contribution < -0.4 is 5.32 Å². The van der Waals surface area contributed by atoms with Crippen molar-refractivity contribution in [3.8, 4) is 0 Å². The van der Waals surface area contributed by atoms with Crippen LogP contribution in [0.25, 0.3) is 0 Å². The van der Waals surface area contributed by atoms with Crippen molar-refractivity contribution >= 4 is 23.6 Å². The van der Waals surface area contributed by atoms with Crippen LogP contribution in [0.2, 0.25) is 0 Å². The molecule has 0 bridgehead atoms. The quantitative estimate of drug-likeness (QED) is 0.423. The van der Waals surface area contributed by atoms with Crippen molar-refractivity contribution in [3.05, 3.63) is 0 Å². The third-order valence-electron chi connectivity index (χ3n) is 3.07. The number of rotatable bonds is 6. The van der Waals surface area contributed by atoms with Crippen LogP contribution in [-0.4, -0.2) is 76.5 Å². The number of hydrogen-bond acceptors (Lipinski definition) is 8. The molecule has 1 aliphatic rings. The van der Waals surface area contributed by atoms with Crippen LogP contribution in [0.5, 0.6) is 0 Å². The van der Waals surface area contributed by atoms with Gasteiger partial charge in [0, 0.05) is 12.7 Å². The Morgan fingerprint density at radius 1 is 1.33 bits per heavy atom. The van der Waals surface area contributed by atoms with Crippen molar-refractivity contribution in [1.82, 2.24) is 5.32 Å². The Labute approximate surface area is 126 Å². The number of hydrogen-bond donors (Lipinski definition) is 4. The van der Waals surface area contributed by atoms with Crippen LogP contribution in [0.15, 0.2) is 0 Å². The van der Waals surface area contributed by atoms with E-state index >= 15 is 0 Å². The Morgan fingerprint density at radius 2 is 2.00 bits per heavy atom. The number of methoxy groups -OCH3 is 1. The molecule has 1 rings (SSSR count). The number of amides is 1. The van der Waals surface area contributed by atoms with Crippen LogP contribution in [0.3, 0.4) is 0 Å². The second-order valence-corrected chi connectivity index (χ2v) is 5.84. The Balaban J connectivity index is 2.69. The largest absolute Gasteiger partial charge is 0.469 e. The van der Waals surface area contributed by atoms with Crippen molar-refractivity contribution in [2.45, 2.75) is 43.1 Å². The lowest BCUT2D eigenvalue weighted by Gasteiger charge is -2.42. The van der Waals surface area contributed by atoms with Gasteiger partial charge >= 0.3 is 5.97 Å². The molecule has 0 saturated carbocycles. The number of nitrogens with one attached hydrogen (secondary N) is 1. The minimum atomic E-state index is -1.30. The van der Waals surface area contributed by atoms with Crippen molar-refractivity contribution in [2.24, 2.45) is 0 Å². The Kier molecular flexibility index (Phi) is 7.40. The molecule has 0 unspecified atom stereocenters. The van der Waals surface area contributed by atoms with E-state index in [4.69, 9.17) is 9.84 Å². The van der Waals surface area contributed by atoms with E-state index < -0.39 is 36.4 Å². The molecule has 5 atom stereocenters. The van der Waals surface area contributed by atoms with Crippen LogP contribution in [0.1, 0.15) is 13.3 Å². The van der Waals surface area contributed by atoms with Crippen LogP contribution in [0, 0.1) is 0 Å². The zero-order valence-electron chi connectivity index (χ0n) is 11.9. The second kappa shape index (κ2) is 8.54. The molecule has 9 heteroatoms. The lowest BCUT2D eigenvalue weighted by molar-refractivity contribution is -0.173. The molecule has 8 nitrogen and oxygen atoms in total. The molecule has 0 radical (unpaired) electrons. The lowest BCUT2D eigenvalue weighted by Crippen LogP contribution is -2.63. The predicted octanol–water partition coefficient (Wildman–Crippen LogP) is -1.77. The summed E-state index contributed by atoms with van der Waals surface area (Å²) in [4.78, 5) is 22.3. The smallest absolute Gasteiger partial charge is 0.306 e. The molecule has 0 aromatic rings. The summed E-state index contributed by atoms with van der Waals surface area (Å²) < 4.78 is 10.0. The van der Waals surface area contributed by atoms with Gasteiger partial charge in [-0.15, -0.1) is 11.8 Å². The van der Waals surface area contributed by atoms with Crippen molar-refractivity contribution in [1.29, 1.82) is 0 Å². The van der Waals surface area contributed by atoms with E-state index in [1.54, 1.807) is 0 Å². The van der Waals surface area contributed by atoms with E-state index in [-0.39, 0.29) is 18.3 Å². The van der Waals surface area contributed by atoms with Gasteiger partial charge in [-0.05, 0) is 0 Å². The Bertz CT molecular complexity index is 368. The van der Waals surface area contributed by atoms with Gasteiger partial charge in [0.25, 0.3) is 0 Å². The molecule has 122 valence electrons. The maximum atomic E-state index is 11.2. The summed E-state index contributed by atoms with van der Waals surface area (Å²) in [5, 5.41) is 31.5. The molecule has 0 aliphatic carbocycles. The minimum Gasteiger partial charge on any atom is -0.469 e. The molecule has 1 aliphatic heterocycles. The molecule has 0 aromatic carbocycles. The highest BCUT2D eigenvalue weighted by Gasteiger charge is 2.44. The first kappa shape index (κ1) is 18.2. The highest BCUT2D eigenvalue weighted by atomic mass is 32.2. The number of thioether (sulfide) groups is 1. The normalized spacial score (nSPS) is 32.5.